The van der Waals surface area contributed by atoms with E-state index in [9.17, 15) is 9.59 Å². The molecule has 0 bridgehead atoms. The molecule has 2 fully saturated rings. The summed E-state index contributed by atoms with van der Waals surface area (Å²) in [6.45, 7) is 3.77. The number of aromatic nitrogens is 5. The van der Waals surface area contributed by atoms with E-state index in [0.717, 1.165) is 37.3 Å². The maximum atomic E-state index is 12.8. The first-order valence-electron chi connectivity index (χ1n) is 10.5. The number of H-pyrrole nitrogens is 1. The van der Waals surface area contributed by atoms with Gasteiger partial charge in [-0.15, -0.1) is 5.10 Å². The van der Waals surface area contributed by atoms with Gasteiger partial charge in [0.2, 0.25) is 0 Å². The van der Waals surface area contributed by atoms with Gasteiger partial charge in [-0.2, -0.15) is 0 Å². The van der Waals surface area contributed by atoms with Crippen LogP contribution >= 0.6 is 0 Å². The van der Waals surface area contributed by atoms with E-state index in [1.807, 2.05) is 24.0 Å². The molecule has 156 valence electrons. The maximum absolute atomic E-state index is 12.8. The number of rotatable bonds is 5. The van der Waals surface area contributed by atoms with Crippen LogP contribution in [0.4, 0.5) is 0 Å². The molecule has 3 heterocycles. The summed E-state index contributed by atoms with van der Waals surface area (Å²) in [5.41, 5.74) is 1.27. The number of amides is 1. The molecule has 2 aliphatic rings. The number of aromatic amines is 1. The van der Waals surface area contributed by atoms with Gasteiger partial charge in [-0.05, 0) is 56.9 Å². The quantitative estimate of drug-likeness (QED) is 0.694. The predicted molar refractivity (Wildman–Crippen MR) is 110 cm³/mol. The Morgan fingerprint density at radius 1 is 1.17 bits per heavy atom. The summed E-state index contributed by atoms with van der Waals surface area (Å²) < 4.78 is 7.21. The smallest absolute Gasteiger partial charge is 0.281 e. The van der Waals surface area contributed by atoms with Gasteiger partial charge in [0.15, 0.2) is 11.2 Å². The summed E-state index contributed by atoms with van der Waals surface area (Å²) in [6, 6.07) is 7.33. The van der Waals surface area contributed by atoms with Crippen LogP contribution in [0.5, 0.6) is 5.75 Å². The zero-order valence-electron chi connectivity index (χ0n) is 16.9. The van der Waals surface area contributed by atoms with Crippen molar-refractivity contribution in [2.45, 2.75) is 44.6 Å². The van der Waals surface area contributed by atoms with Gasteiger partial charge in [-0.3, -0.25) is 9.59 Å². The highest BCUT2D eigenvalue weighted by Crippen LogP contribution is 2.38. The lowest BCUT2D eigenvalue weighted by Gasteiger charge is -2.32. The number of nitrogens with one attached hydrogen (secondary N) is 1. The van der Waals surface area contributed by atoms with Gasteiger partial charge < -0.3 is 14.6 Å². The largest absolute Gasteiger partial charge is 0.494 e. The average molecular weight is 408 g/mol. The molecule has 1 saturated heterocycles. The Bertz CT molecular complexity index is 1120. The van der Waals surface area contributed by atoms with Crippen LogP contribution in [0.1, 0.15) is 60.7 Å². The van der Waals surface area contributed by atoms with Crippen LogP contribution in [0.3, 0.4) is 0 Å². The minimum atomic E-state index is -0.226. The number of hydrogen-bond donors (Lipinski definition) is 1. The summed E-state index contributed by atoms with van der Waals surface area (Å²) in [7, 11) is 0. The first kappa shape index (κ1) is 18.8. The molecule has 1 aliphatic carbocycles. The van der Waals surface area contributed by atoms with Crippen LogP contribution in [-0.4, -0.2) is 55.5 Å². The summed E-state index contributed by atoms with van der Waals surface area (Å²) >= 11 is 0. The SMILES string of the molecule is CCOc1ccc(C(=O)N2CCC(n3nnc4c(=O)[nH]c(C5CC5)nc43)CC2)cc1. The van der Waals surface area contributed by atoms with Crippen molar-refractivity contribution in [3.05, 3.63) is 46.0 Å². The first-order chi connectivity index (χ1) is 14.6. The number of likely N-dealkylation sites (tertiary alicyclic amines) is 1. The van der Waals surface area contributed by atoms with Gasteiger partial charge in [-0.25, -0.2) is 9.67 Å². The molecule has 1 amide bonds. The fraction of sp³-hybridized carbons (Fsp3) is 0.476. The Balaban J connectivity index is 1.30. The average Bonchev–Trinajstić information content (AvgIpc) is 3.53. The molecule has 0 unspecified atom stereocenters. The van der Waals surface area contributed by atoms with Crippen molar-refractivity contribution in [2.75, 3.05) is 19.7 Å². The van der Waals surface area contributed by atoms with Gasteiger partial charge >= 0.3 is 0 Å². The Morgan fingerprint density at radius 2 is 1.90 bits per heavy atom. The van der Waals surface area contributed by atoms with E-state index in [4.69, 9.17) is 4.74 Å². The van der Waals surface area contributed by atoms with Crippen LogP contribution in [0, 0.1) is 0 Å². The number of piperidine rings is 1. The second kappa shape index (κ2) is 7.55. The molecule has 1 aromatic carbocycles. The number of benzene rings is 1. The van der Waals surface area contributed by atoms with Crippen molar-refractivity contribution < 1.29 is 9.53 Å². The van der Waals surface area contributed by atoms with Crippen LogP contribution in [0.25, 0.3) is 11.2 Å². The summed E-state index contributed by atoms with van der Waals surface area (Å²) in [6.07, 6.45) is 3.60. The number of ether oxygens (including phenoxy) is 1. The highest BCUT2D eigenvalue weighted by molar-refractivity contribution is 5.94. The van der Waals surface area contributed by atoms with E-state index in [2.05, 4.69) is 20.3 Å². The standard InChI is InChI=1S/C21H24N6O3/c1-2-30-16-7-5-14(6-8-16)21(29)26-11-9-15(10-12-26)27-19-17(24-25-27)20(28)23-18(22-19)13-3-4-13/h5-8,13,15H,2-4,9-12H2,1H3,(H,22,23,28). The lowest BCUT2D eigenvalue weighted by atomic mass is 10.0. The zero-order valence-corrected chi connectivity index (χ0v) is 16.9. The van der Waals surface area contributed by atoms with Crippen molar-refractivity contribution in [2.24, 2.45) is 0 Å². The molecule has 0 spiro atoms. The van der Waals surface area contributed by atoms with Crippen molar-refractivity contribution >= 4 is 17.1 Å². The van der Waals surface area contributed by atoms with Crippen LogP contribution in [0.2, 0.25) is 0 Å². The van der Waals surface area contributed by atoms with E-state index >= 15 is 0 Å². The zero-order chi connectivity index (χ0) is 20.7. The lowest BCUT2D eigenvalue weighted by Crippen LogP contribution is -2.39. The highest BCUT2D eigenvalue weighted by atomic mass is 16.5. The first-order valence-corrected chi connectivity index (χ1v) is 10.5. The van der Waals surface area contributed by atoms with E-state index in [1.54, 1.807) is 16.8 Å². The monoisotopic (exact) mass is 408 g/mol. The summed E-state index contributed by atoms with van der Waals surface area (Å²) in [4.78, 5) is 34.5. The number of carbonyl (C=O) groups is 1. The van der Waals surface area contributed by atoms with Crippen LogP contribution < -0.4 is 10.3 Å². The Hall–Kier alpha value is -3.23. The normalized spacial score (nSPS) is 17.4. The molecule has 9 heteroatoms. The molecule has 3 aromatic rings. The molecule has 1 aliphatic heterocycles. The molecular weight excluding hydrogens is 384 g/mol. The molecule has 5 rings (SSSR count). The van der Waals surface area contributed by atoms with Crippen molar-refractivity contribution in [3.8, 4) is 5.75 Å². The van der Waals surface area contributed by atoms with Gasteiger partial charge in [-0.1, -0.05) is 5.21 Å². The second-order valence-electron chi connectivity index (χ2n) is 7.91. The molecule has 0 atom stereocenters. The molecule has 1 saturated carbocycles. The van der Waals surface area contributed by atoms with Crippen LogP contribution in [0.15, 0.2) is 29.1 Å². The minimum absolute atomic E-state index is 0.0190. The lowest BCUT2D eigenvalue weighted by molar-refractivity contribution is 0.0691. The van der Waals surface area contributed by atoms with Gasteiger partial charge in [0.05, 0.1) is 12.6 Å². The number of hydrogen-bond acceptors (Lipinski definition) is 6. The number of fused-ring (bicyclic) bond motifs is 1. The fourth-order valence-corrected chi connectivity index (χ4v) is 4.01. The predicted octanol–water partition coefficient (Wildman–Crippen LogP) is 2.27. The van der Waals surface area contributed by atoms with E-state index in [0.29, 0.717) is 36.8 Å². The molecule has 1 N–H and O–H groups in total. The van der Waals surface area contributed by atoms with Crippen molar-refractivity contribution in [3.63, 3.8) is 0 Å². The molecule has 30 heavy (non-hydrogen) atoms. The van der Waals surface area contributed by atoms with Crippen molar-refractivity contribution in [1.29, 1.82) is 0 Å². The molecule has 0 radical (unpaired) electrons. The Kier molecular flexibility index (Phi) is 4.72. The topological polar surface area (TPSA) is 106 Å². The maximum Gasteiger partial charge on any atom is 0.281 e. The summed E-state index contributed by atoms with van der Waals surface area (Å²) in [5, 5.41) is 8.28. The second-order valence-corrected chi connectivity index (χ2v) is 7.91. The minimum Gasteiger partial charge on any atom is -0.494 e. The third-order valence-electron chi connectivity index (χ3n) is 5.83. The van der Waals surface area contributed by atoms with Gasteiger partial charge in [0, 0.05) is 24.6 Å². The van der Waals surface area contributed by atoms with E-state index in [1.165, 1.54) is 0 Å². The molecule has 9 nitrogen and oxygen atoms in total. The third-order valence-corrected chi connectivity index (χ3v) is 5.83. The highest BCUT2D eigenvalue weighted by Gasteiger charge is 2.30. The third kappa shape index (κ3) is 3.44. The van der Waals surface area contributed by atoms with Gasteiger partial charge in [0.25, 0.3) is 11.5 Å². The number of nitrogens with zero attached hydrogens (tertiary/aromatic N) is 5. The number of carbonyl (C=O) groups excluding carboxylic acids is 1. The van der Waals surface area contributed by atoms with Crippen LogP contribution in [-0.2, 0) is 0 Å². The molecule has 2 aromatic heterocycles. The summed E-state index contributed by atoms with van der Waals surface area (Å²) in [5.74, 6) is 1.86. The Morgan fingerprint density at radius 3 is 2.57 bits per heavy atom. The molecular formula is C21H24N6O3. The van der Waals surface area contributed by atoms with E-state index < -0.39 is 0 Å². The van der Waals surface area contributed by atoms with E-state index in [-0.39, 0.29) is 23.0 Å². The fourth-order valence-electron chi connectivity index (χ4n) is 4.01. The Labute approximate surface area is 173 Å². The van der Waals surface area contributed by atoms with Gasteiger partial charge in [0.1, 0.15) is 11.6 Å². The van der Waals surface area contributed by atoms with Crippen molar-refractivity contribution in [1.82, 2.24) is 29.9 Å².